The summed E-state index contributed by atoms with van der Waals surface area (Å²) in [5.41, 5.74) is 0. The first-order chi connectivity index (χ1) is 6.83. The van der Waals surface area contributed by atoms with Crippen LogP contribution in [0.15, 0.2) is 22.9 Å². The van der Waals surface area contributed by atoms with E-state index in [2.05, 4.69) is 33.5 Å². The Morgan fingerprint density at radius 1 is 1.29 bits per heavy atom. The van der Waals surface area contributed by atoms with E-state index in [0.29, 0.717) is 19.8 Å². The minimum Gasteiger partial charge on any atom is -0.490 e. The smallest absolute Gasteiger partial charge is 0.138 e. The number of nitrogens with zero attached hydrogens (tertiary/aromatic N) is 1. The molecule has 0 fully saturated rings. The lowest BCUT2D eigenvalue weighted by molar-refractivity contribution is 0.112. The summed E-state index contributed by atoms with van der Waals surface area (Å²) in [5.74, 6) is 1.48. The number of halogens is 1. The van der Waals surface area contributed by atoms with Crippen molar-refractivity contribution in [3.63, 3.8) is 0 Å². The Morgan fingerprint density at radius 3 is 2.86 bits per heavy atom. The van der Waals surface area contributed by atoms with Gasteiger partial charge in [-0.15, -0.1) is 0 Å². The first-order valence-electron chi connectivity index (χ1n) is 4.25. The number of aromatic nitrogens is 1. The Bertz CT molecular complexity index is 273. The number of thiol groups is 1. The van der Waals surface area contributed by atoms with Crippen LogP contribution in [0.25, 0.3) is 0 Å². The van der Waals surface area contributed by atoms with Gasteiger partial charge in [0.2, 0.25) is 0 Å². The molecule has 5 heteroatoms. The normalized spacial score (nSPS) is 10.1. The van der Waals surface area contributed by atoms with Crippen molar-refractivity contribution in [3.05, 3.63) is 22.9 Å². The van der Waals surface area contributed by atoms with Crippen LogP contribution in [0, 0.1) is 0 Å². The van der Waals surface area contributed by atoms with Crippen LogP contribution in [-0.2, 0) is 4.74 Å². The summed E-state index contributed by atoms with van der Waals surface area (Å²) in [6.07, 6.45) is 3.38. The van der Waals surface area contributed by atoms with E-state index < -0.39 is 0 Å². The predicted octanol–water partition coefficient (Wildman–Crippen LogP) is 2.17. The van der Waals surface area contributed by atoms with Crippen molar-refractivity contribution in [2.75, 3.05) is 25.6 Å². The molecule has 14 heavy (non-hydrogen) atoms. The summed E-state index contributed by atoms with van der Waals surface area (Å²) in [6.45, 7) is 1.77. The molecule has 1 rings (SSSR count). The summed E-state index contributed by atoms with van der Waals surface area (Å²) in [6, 6.07) is 1.87. The molecule has 0 atom stereocenters. The van der Waals surface area contributed by atoms with Gasteiger partial charge in [-0.2, -0.15) is 12.6 Å². The molecule has 0 radical (unpaired) electrons. The number of hydrogen-bond acceptors (Lipinski definition) is 4. The maximum atomic E-state index is 5.39. The summed E-state index contributed by atoms with van der Waals surface area (Å²) in [7, 11) is 0. The van der Waals surface area contributed by atoms with Gasteiger partial charge in [0.1, 0.15) is 12.4 Å². The monoisotopic (exact) mass is 277 g/mol. The Morgan fingerprint density at radius 2 is 2.14 bits per heavy atom. The van der Waals surface area contributed by atoms with Crippen molar-refractivity contribution in [2.24, 2.45) is 0 Å². The first-order valence-corrected chi connectivity index (χ1v) is 5.67. The molecule has 0 saturated heterocycles. The Labute approximate surface area is 97.4 Å². The van der Waals surface area contributed by atoms with Gasteiger partial charge in [0.25, 0.3) is 0 Å². The van der Waals surface area contributed by atoms with Gasteiger partial charge < -0.3 is 9.47 Å². The minimum atomic E-state index is 0.534. The van der Waals surface area contributed by atoms with E-state index in [1.807, 2.05) is 6.07 Å². The van der Waals surface area contributed by atoms with E-state index in [-0.39, 0.29) is 0 Å². The molecule has 1 aromatic rings. The van der Waals surface area contributed by atoms with Crippen molar-refractivity contribution in [2.45, 2.75) is 0 Å². The Balaban J connectivity index is 2.18. The fourth-order valence-electron chi connectivity index (χ4n) is 0.856. The van der Waals surface area contributed by atoms with Crippen molar-refractivity contribution >= 4 is 28.6 Å². The Hall–Kier alpha value is -0.260. The second-order valence-corrected chi connectivity index (χ2v) is 3.89. The zero-order valence-corrected chi connectivity index (χ0v) is 10.1. The number of pyridine rings is 1. The molecule has 0 aliphatic heterocycles. The van der Waals surface area contributed by atoms with E-state index in [9.17, 15) is 0 Å². The van der Waals surface area contributed by atoms with Gasteiger partial charge in [-0.1, -0.05) is 0 Å². The molecule has 0 aromatic carbocycles. The van der Waals surface area contributed by atoms with Gasteiger partial charge in [0.15, 0.2) is 0 Å². The van der Waals surface area contributed by atoms with Crippen LogP contribution in [-0.4, -0.2) is 30.6 Å². The zero-order valence-electron chi connectivity index (χ0n) is 7.65. The summed E-state index contributed by atoms with van der Waals surface area (Å²) < 4.78 is 11.5. The second-order valence-electron chi connectivity index (χ2n) is 2.52. The molecule has 0 bridgehead atoms. The van der Waals surface area contributed by atoms with Crippen LogP contribution in [0.2, 0.25) is 0 Å². The van der Waals surface area contributed by atoms with Gasteiger partial charge in [0.05, 0.1) is 19.4 Å². The van der Waals surface area contributed by atoms with Crippen molar-refractivity contribution in [3.8, 4) is 5.75 Å². The third-order valence-corrected chi connectivity index (χ3v) is 2.03. The molecular weight excluding hydrogens is 266 g/mol. The fraction of sp³-hybridized carbons (Fsp3) is 0.444. The van der Waals surface area contributed by atoms with E-state index in [1.165, 1.54) is 0 Å². The topological polar surface area (TPSA) is 31.4 Å². The maximum Gasteiger partial charge on any atom is 0.138 e. The van der Waals surface area contributed by atoms with Gasteiger partial charge in [-0.05, 0) is 22.0 Å². The quantitative estimate of drug-likeness (QED) is 0.639. The van der Waals surface area contributed by atoms with Gasteiger partial charge in [-0.25, -0.2) is 0 Å². The third-order valence-electron chi connectivity index (χ3n) is 1.41. The van der Waals surface area contributed by atoms with Crippen LogP contribution in [0.4, 0.5) is 0 Å². The fourth-order valence-corrected chi connectivity index (χ4v) is 1.33. The van der Waals surface area contributed by atoms with Crippen LogP contribution < -0.4 is 4.74 Å². The third kappa shape index (κ3) is 4.83. The summed E-state index contributed by atoms with van der Waals surface area (Å²) in [4.78, 5) is 3.97. The predicted molar refractivity (Wildman–Crippen MR) is 62.1 cm³/mol. The molecule has 0 unspecified atom stereocenters. The number of ether oxygens (including phenoxy) is 2. The number of hydrogen-bond donors (Lipinski definition) is 1. The largest absolute Gasteiger partial charge is 0.490 e. The van der Waals surface area contributed by atoms with Crippen LogP contribution >= 0.6 is 28.6 Å². The van der Waals surface area contributed by atoms with Gasteiger partial charge in [0, 0.05) is 16.4 Å². The standard InChI is InChI=1S/C9H12BrNO2S/c10-8-5-9(7-11-6-8)13-2-1-12-3-4-14/h5-7,14H,1-4H2. The molecule has 0 N–H and O–H groups in total. The molecule has 0 spiro atoms. The summed E-state index contributed by atoms with van der Waals surface area (Å²) >= 11 is 7.34. The SMILES string of the molecule is SCCOCCOc1cncc(Br)c1. The highest BCUT2D eigenvalue weighted by atomic mass is 79.9. The lowest BCUT2D eigenvalue weighted by Gasteiger charge is -2.05. The van der Waals surface area contributed by atoms with E-state index in [0.717, 1.165) is 16.0 Å². The molecule has 0 amide bonds. The average molecular weight is 278 g/mol. The maximum absolute atomic E-state index is 5.39. The second kappa shape index (κ2) is 7.09. The minimum absolute atomic E-state index is 0.534. The van der Waals surface area contributed by atoms with Gasteiger partial charge in [-0.3, -0.25) is 4.98 Å². The van der Waals surface area contributed by atoms with Crippen LogP contribution in [0.5, 0.6) is 5.75 Å². The molecule has 1 aromatic heterocycles. The molecule has 78 valence electrons. The first kappa shape index (κ1) is 11.8. The van der Waals surface area contributed by atoms with E-state index >= 15 is 0 Å². The lowest BCUT2D eigenvalue weighted by Crippen LogP contribution is -2.08. The average Bonchev–Trinajstić information content (AvgIpc) is 2.18. The van der Waals surface area contributed by atoms with E-state index in [4.69, 9.17) is 9.47 Å². The van der Waals surface area contributed by atoms with Crippen molar-refractivity contribution in [1.82, 2.24) is 4.98 Å². The van der Waals surface area contributed by atoms with Crippen LogP contribution in [0.1, 0.15) is 0 Å². The summed E-state index contributed by atoms with van der Waals surface area (Å²) in [5, 5.41) is 0. The van der Waals surface area contributed by atoms with Gasteiger partial charge >= 0.3 is 0 Å². The molecular formula is C9H12BrNO2S. The molecule has 0 aliphatic rings. The lowest BCUT2D eigenvalue weighted by atomic mass is 10.5. The molecule has 3 nitrogen and oxygen atoms in total. The highest BCUT2D eigenvalue weighted by Gasteiger charge is 1.95. The van der Waals surface area contributed by atoms with E-state index in [1.54, 1.807) is 12.4 Å². The highest BCUT2D eigenvalue weighted by molar-refractivity contribution is 9.10. The Kier molecular flexibility index (Phi) is 5.98. The van der Waals surface area contributed by atoms with Crippen LogP contribution in [0.3, 0.4) is 0 Å². The zero-order chi connectivity index (χ0) is 10.2. The molecule has 1 heterocycles. The molecule has 0 saturated carbocycles. The van der Waals surface area contributed by atoms with Crippen molar-refractivity contribution < 1.29 is 9.47 Å². The highest BCUT2D eigenvalue weighted by Crippen LogP contribution is 2.15. The van der Waals surface area contributed by atoms with Crippen molar-refractivity contribution in [1.29, 1.82) is 0 Å². The molecule has 0 aliphatic carbocycles. The number of rotatable bonds is 6.